The van der Waals surface area contributed by atoms with Crippen LogP contribution in [0.3, 0.4) is 0 Å². The van der Waals surface area contributed by atoms with Crippen molar-refractivity contribution in [1.82, 2.24) is 4.31 Å². The van der Waals surface area contributed by atoms with Crippen LogP contribution in [-0.4, -0.2) is 25.8 Å². The molecule has 6 heteroatoms. The Kier molecular flexibility index (Phi) is 3.58. The fourth-order valence-electron chi connectivity index (χ4n) is 1.98. The highest BCUT2D eigenvalue weighted by Crippen LogP contribution is 2.32. The predicted octanol–water partition coefficient (Wildman–Crippen LogP) is 1.69. The van der Waals surface area contributed by atoms with Crippen LogP contribution in [0, 0.1) is 6.92 Å². The topological polar surface area (TPSA) is 63.4 Å². The standard InChI is InChI=1S/C11H18N2O2S2/c1-8-11(6-10(7-12)16-8)17(14,15)13(2)9-4-3-5-9/h6,9H,3-5,7,12H2,1-2H3. The molecule has 1 saturated carbocycles. The van der Waals surface area contributed by atoms with E-state index in [1.165, 1.54) is 15.6 Å². The van der Waals surface area contributed by atoms with Gasteiger partial charge in [0.1, 0.15) is 0 Å². The van der Waals surface area contributed by atoms with E-state index < -0.39 is 10.0 Å². The molecule has 0 amide bonds. The first-order valence-corrected chi connectivity index (χ1v) is 8.00. The van der Waals surface area contributed by atoms with Crippen LogP contribution in [0.2, 0.25) is 0 Å². The van der Waals surface area contributed by atoms with E-state index in [2.05, 4.69) is 0 Å². The first-order valence-electron chi connectivity index (χ1n) is 5.74. The lowest BCUT2D eigenvalue weighted by molar-refractivity contribution is 0.249. The second-order valence-electron chi connectivity index (χ2n) is 4.44. The van der Waals surface area contributed by atoms with Crippen molar-refractivity contribution in [2.45, 2.75) is 43.7 Å². The largest absolute Gasteiger partial charge is 0.326 e. The van der Waals surface area contributed by atoms with E-state index >= 15 is 0 Å². The van der Waals surface area contributed by atoms with Crippen molar-refractivity contribution in [3.63, 3.8) is 0 Å². The SMILES string of the molecule is Cc1sc(CN)cc1S(=O)(=O)N(C)C1CCC1. The lowest BCUT2D eigenvalue weighted by atomic mass is 9.94. The molecule has 1 heterocycles. The highest BCUT2D eigenvalue weighted by atomic mass is 32.2. The van der Waals surface area contributed by atoms with Gasteiger partial charge in [-0.05, 0) is 25.8 Å². The Bertz CT molecular complexity index is 504. The summed E-state index contributed by atoms with van der Waals surface area (Å²) in [6.07, 6.45) is 3.08. The van der Waals surface area contributed by atoms with Crippen molar-refractivity contribution in [3.8, 4) is 0 Å². The second-order valence-corrected chi connectivity index (χ2v) is 7.75. The summed E-state index contributed by atoms with van der Waals surface area (Å²) >= 11 is 1.47. The van der Waals surface area contributed by atoms with Gasteiger partial charge < -0.3 is 5.73 Å². The normalized spacial score (nSPS) is 17.4. The first-order chi connectivity index (χ1) is 7.96. The molecule has 0 radical (unpaired) electrons. The number of rotatable bonds is 4. The number of hydrogen-bond acceptors (Lipinski definition) is 4. The third-order valence-corrected chi connectivity index (χ3v) is 6.61. The molecule has 0 aromatic carbocycles. The van der Waals surface area contributed by atoms with Crippen molar-refractivity contribution in [2.24, 2.45) is 5.73 Å². The van der Waals surface area contributed by atoms with E-state index in [9.17, 15) is 8.42 Å². The number of hydrogen-bond donors (Lipinski definition) is 1. The molecule has 1 aliphatic rings. The van der Waals surface area contributed by atoms with Crippen LogP contribution in [0.1, 0.15) is 29.0 Å². The molecule has 96 valence electrons. The summed E-state index contributed by atoms with van der Waals surface area (Å²) in [7, 11) is -1.65. The highest BCUT2D eigenvalue weighted by molar-refractivity contribution is 7.89. The van der Waals surface area contributed by atoms with Gasteiger partial charge in [-0.2, -0.15) is 4.31 Å². The van der Waals surface area contributed by atoms with Gasteiger partial charge in [-0.3, -0.25) is 0 Å². The van der Waals surface area contributed by atoms with Crippen LogP contribution in [0.4, 0.5) is 0 Å². The van der Waals surface area contributed by atoms with Gasteiger partial charge in [0.15, 0.2) is 0 Å². The third-order valence-electron chi connectivity index (χ3n) is 3.37. The van der Waals surface area contributed by atoms with Gasteiger partial charge in [0.05, 0.1) is 4.90 Å². The summed E-state index contributed by atoms with van der Waals surface area (Å²) in [6, 6.07) is 1.89. The second kappa shape index (κ2) is 4.68. The number of sulfonamides is 1. The highest BCUT2D eigenvalue weighted by Gasteiger charge is 2.33. The molecule has 0 saturated heterocycles. The number of nitrogens with zero attached hydrogens (tertiary/aromatic N) is 1. The van der Waals surface area contributed by atoms with Gasteiger partial charge in [0.25, 0.3) is 0 Å². The Balaban J connectivity index is 2.33. The Labute approximate surface area is 106 Å². The molecule has 0 aliphatic heterocycles. The zero-order chi connectivity index (χ0) is 12.6. The molecule has 1 aromatic rings. The molecule has 0 spiro atoms. The van der Waals surface area contributed by atoms with Crippen molar-refractivity contribution >= 4 is 21.4 Å². The predicted molar refractivity (Wildman–Crippen MR) is 69.5 cm³/mol. The molecule has 1 aromatic heterocycles. The molecule has 0 unspecified atom stereocenters. The molecular weight excluding hydrogens is 256 g/mol. The Morgan fingerprint density at radius 2 is 2.18 bits per heavy atom. The van der Waals surface area contributed by atoms with Gasteiger partial charge in [0, 0.05) is 29.4 Å². The lowest BCUT2D eigenvalue weighted by Gasteiger charge is -2.33. The number of nitrogens with two attached hydrogens (primary N) is 1. The summed E-state index contributed by atoms with van der Waals surface area (Å²) in [4.78, 5) is 2.18. The molecular formula is C11H18N2O2S2. The van der Waals surface area contributed by atoms with Crippen LogP contribution < -0.4 is 5.73 Å². The lowest BCUT2D eigenvalue weighted by Crippen LogP contribution is -2.41. The molecule has 0 bridgehead atoms. The minimum absolute atomic E-state index is 0.181. The quantitative estimate of drug-likeness (QED) is 0.908. The van der Waals surface area contributed by atoms with Crippen LogP contribution >= 0.6 is 11.3 Å². The van der Waals surface area contributed by atoms with Crippen LogP contribution in [0.15, 0.2) is 11.0 Å². The Hall–Kier alpha value is -0.430. The molecule has 2 rings (SSSR count). The minimum Gasteiger partial charge on any atom is -0.326 e. The Morgan fingerprint density at radius 3 is 2.59 bits per heavy atom. The summed E-state index contributed by atoms with van der Waals surface area (Å²) in [5.41, 5.74) is 5.55. The molecule has 0 atom stereocenters. The van der Waals surface area contributed by atoms with E-state index in [-0.39, 0.29) is 6.04 Å². The minimum atomic E-state index is -3.33. The number of aryl methyl sites for hydroxylation is 1. The van der Waals surface area contributed by atoms with E-state index in [1.54, 1.807) is 13.1 Å². The van der Waals surface area contributed by atoms with Crippen molar-refractivity contribution in [3.05, 3.63) is 15.8 Å². The molecule has 1 fully saturated rings. The van der Waals surface area contributed by atoms with Crippen molar-refractivity contribution < 1.29 is 8.42 Å². The van der Waals surface area contributed by atoms with Crippen LogP contribution in [0.5, 0.6) is 0 Å². The molecule has 17 heavy (non-hydrogen) atoms. The van der Waals surface area contributed by atoms with Gasteiger partial charge in [-0.25, -0.2) is 8.42 Å². The molecule has 4 nitrogen and oxygen atoms in total. The van der Waals surface area contributed by atoms with Crippen LogP contribution in [0.25, 0.3) is 0 Å². The van der Waals surface area contributed by atoms with Gasteiger partial charge in [0.2, 0.25) is 10.0 Å². The Morgan fingerprint density at radius 1 is 1.53 bits per heavy atom. The smallest absolute Gasteiger partial charge is 0.244 e. The zero-order valence-electron chi connectivity index (χ0n) is 10.1. The van der Waals surface area contributed by atoms with Gasteiger partial charge in [-0.1, -0.05) is 6.42 Å². The number of thiophene rings is 1. The van der Waals surface area contributed by atoms with Gasteiger partial charge in [-0.15, -0.1) is 11.3 Å². The van der Waals surface area contributed by atoms with Gasteiger partial charge >= 0.3 is 0 Å². The van der Waals surface area contributed by atoms with E-state index in [0.29, 0.717) is 11.4 Å². The van der Waals surface area contributed by atoms with E-state index in [1.807, 2.05) is 6.92 Å². The van der Waals surface area contributed by atoms with E-state index in [0.717, 1.165) is 29.0 Å². The van der Waals surface area contributed by atoms with E-state index in [4.69, 9.17) is 5.73 Å². The maximum atomic E-state index is 12.4. The van der Waals surface area contributed by atoms with Crippen LogP contribution in [-0.2, 0) is 16.6 Å². The summed E-state index contributed by atoms with van der Waals surface area (Å²) in [6.45, 7) is 2.24. The maximum absolute atomic E-state index is 12.4. The fourth-order valence-corrected chi connectivity index (χ4v) is 4.88. The van der Waals surface area contributed by atoms with Crippen molar-refractivity contribution in [1.29, 1.82) is 0 Å². The summed E-state index contributed by atoms with van der Waals surface area (Å²) < 4.78 is 26.3. The average Bonchev–Trinajstić information content (AvgIpc) is 2.57. The summed E-state index contributed by atoms with van der Waals surface area (Å²) in [5, 5.41) is 0. The molecule has 2 N–H and O–H groups in total. The monoisotopic (exact) mass is 274 g/mol. The average molecular weight is 274 g/mol. The zero-order valence-corrected chi connectivity index (χ0v) is 11.8. The van der Waals surface area contributed by atoms with Crippen molar-refractivity contribution in [2.75, 3.05) is 7.05 Å². The fraction of sp³-hybridized carbons (Fsp3) is 0.636. The molecule has 1 aliphatic carbocycles. The third kappa shape index (κ3) is 2.27. The summed E-state index contributed by atoms with van der Waals surface area (Å²) in [5.74, 6) is 0. The maximum Gasteiger partial charge on any atom is 0.244 e. The first kappa shape index (κ1) is 13.0.